The Labute approximate surface area is 195 Å². The fourth-order valence-corrected chi connectivity index (χ4v) is 3.73. The van der Waals surface area contributed by atoms with Gasteiger partial charge in [0.2, 0.25) is 0 Å². The van der Waals surface area contributed by atoms with E-state index in [4.69, 9.17) is 32.7 Å². The van der Waals surface area contributed by atoms with Gasteiger partial charge in [0, 0.05) is 23.8 Å². The fraction of sp³-hybridized carbons (Fsp3) is 0.318. The van der Waals surface area contributed by atoms with Gasteiger partial charge in [-0.25, -0.2) is 9.78 Å². The SMILES string of the molecule is COc1ccnc(C(=O)N[C@@H](C)C(=O)OC(C)C(C)n2ccc3c(Cl)ccc(Cl)c32)c1O. The quantitative estimate of drug-likeness (QED) is 0.487. The lowest BCUT2D eigenvalue weighted by atomic mass is 10.2. The second kappa shape index (κ2) is 9.67. The molecule has 3 aromatic rings. The summed E-state index contributed by atoms with van der Waals surface area (Å²) in [6.45, 7) is 5.11. The van der Waals surface area contributed by atoms with Crippen molar-refractivity contribution >= 4 is 46.0 Å². The Hall–Kier alpha value is -2.97. The van der Waals surface area contributed by atoms with Crippen molar-refractivity contribution in [3.8, 4) is 11.5 Å². The van der Waals surface area contributed by atoms with Crippen molar-refractivity contribution < 1.29 is 24.2 Å². The Kier molecular flexibility index (Phi) is 7.16. The minimum absolute atomic E-state index is 0.0977. The highest BCUT2D eigenvalue weighted by Gasteiger charge is 2.26. The number of esters is 1. The van der Waals surface area contributed by atoms with Gasteiger partial charge >= 0.3 is 5.97 Å². The maximum absolute atomic E-state index is 12.6. The first kappa shape index (κ1) is 23.7. The first-order valence-corrected chi connectivity index (χ1v) is 10.6. The van der Waals surface area contributed by atoms with Gasteiger partial charge in [0.05, 0.1) is 28.7 Å². The molecule has 0 spiro atoms. The minimum atomic E-state index is -0.982. The topological polar surface area (TPSA) is 103 Å². The molecule has 1 aromatic carbocycles. The highest BCUT2D eigenvalue weighted by molar-refractivity contribution is 6.40. The van der Waals surface area contributed by atoms with Crippen LogP contribution in [0, 0.1) is 0 Å². The van der Waals surface area contributed by atoms with Crippen LogP contribution in [0.15, 0.2) is 36.7 Å². The predicted octanol–water partition coefficient (Wildman–Crippen LogP) is 4.37. The smallest absolute Gasteiger partial charge is 0.328 e. The largest absolute Gasteiger partial charge is 0.503 e. The van der Waals surface area contributed by atoms with E-state index in [0.717, 1.165) is 10.9 Å². The molecular weight excluding hydrogens is 457 g/mol. The fourth-order valence-electron chi connectivity index (χ4n) is 3.25. The number of hydrogen-bond acceptors (Lipinski definition) is 6. The average molecular weight is 480 g/mol. The number of hydrogen-bond donors (Lipinski definition) is 2. The van der Waals surface area contributed by atoms with Gasteiger partial charge in [-0.1, -0.05) is 23.2 Å². The number of ether oxygens (including phenoxy) is 2. The van der Waals surface area contributed by atoms with Crippen molar-refractivity contribution in [1.82, 2.24) is 14.9 Å². The van der Waals surface area contributed by atoms with Crippen LogP contribution in [0.3, 0.4) is 0 Å². The summed E-state index contributed by atoms with van der Waals surface area (Å²) in [7, 11) is 1.36. The summed E-state index contributed by atoms with van der Waals surface area (Å²) < 4.78 is 12.4. The molecule has 0 aliphatic carbocycles. The molecule has 0 aliphatic heterocycles. The Morgan fingerprint density at radius 1 is 1.12 bits per heavy atom. The lowest BCUT2D eigenvalue weighted by Crippen LogP contribution is -2.41. The van der Waals surface area contributed by atoms with E-state index in [1.54, 1.807) is 19.1 Å². The van der Waals surface area contributed by atoms with Gasteiger partial charge in [0.25, 0.3) is 5.91 Å². The van der Waals surface area contributed by atoms with E-state index in [0.29, 0.717) is 10.0 Å². The molecular formula is C22H23Cl2N3O5. The zero-order chi connectivity index (χ0) is 23.6. The van der Waals surface area contributed by atoms with Crippen molar-refractivity contribution in [2.24, 2.45) is 0 Å². The lowest BCUT2D eigenvalue weighted by Gasteiger charge is -2.25. The Morgan fingerprint density at radius 2 is 1.81 bits per heavy atom. The van der Waals surface area contributed by atoms with E-state index in [1.165, 1.54) is 26.3 Å². The van der Waals surface area contributed by atoms with Crippen LogP contribution in [0.1, 0.15) is 37.3 Å². The minimum Gasteiger partial charge on any atom is -0.503 e. The highest BCUT2D eigenvalue weighted by atomic mass is 35.5. The summed E-state index contributed by atoms with van der Waals surface area (Å²) in [5.41, 5.74) is 0.492. The molecule has 3 rings (SSSR count). The highest BCUT2D eigenvalue weighted by Crippen LogP contribution is 2.33. The number of halogens is 2. The van der Waals surface area contributed by atoms with Crippen LogP contribution in [0.2, 0.25) is 10.0 Å². The molecule has 8 nitrogen and oxygen atoms in total. The van der Waals surface area contributed by atoms with Gasteiger partial charge in [-0.3, -0.25) is 4.79 Å². The molecule has 2 unspecified atom stereocenters. The summed E-state index contributed by atoms with van der Waals surface area (Å²) in [4.78, 5) is 28.9. The number of carbonyl (C=O) groups is 2. The number of aromatic hydroxyl groups is 1. The van der Waals surface area contributed by atoms with Gasteiger partial charge in [0.15, 0.2) is 17.2 Å². The number of pyridine rings is 1. The third kappa shape index (κ3) is 4.61. The number of nitrogens with zero attached hydrogens (tertiary/aromatic N) is 2. The third-order valence-electron chi connectivity index (χ3n) is 5.22. The molecule has 0 radical (unpaired) electrons. The molecule has 0 bridgehead atoms. The third-order valence-corrected chi connectivity index (χ3v) is 5.85. The predicted molar refractivity (Wildman–Crippen MR) is 122 cm³/mol. The summed E-state index contributed by atoms with van der Waals surface area (Å²) in [6.07, 6.45) is 2.61. The van der Waals surface area contributed by atoms with Crippen LogP contribution in [0.4, 0.5) is 0 Å². The van der Waals surface area contributed by atoms with E-state index in [-0.39, 0.29) is 17.5 Å². The standard InChI is InChI=1S/C22H23Cl2N3O5/c1-11(26-21(29)18-20(28)17(31-4)7-9-25-18)22(30)32-13(3)12(2)27-10-8-14-15(23)5-6-16(24)19(14)27/h5-13,28H,1-4H3,(H,26,29)/t11-,12?,13?/m0/s1. The molecule has 10 heteroatoms. The van der Waals surface area contributed by atoms with Crippen LogP contribution >= 0.6 is 23.2 Å². The number of fused-ring (bicyclic) bond motifs is 1. The van der Waals surface area contributed by atoms with Gasteiger partial charge in [0.1, 0.15) is 12.1 Å². The van der Waals surface area contributed by atoms with Crippen LogP contribution < -0.4 is 10.1 Å². The van der Waals surface area contributed by atoms with E-state index < -0.39 is 29.8 Å². The van der Waals surface area contributed by atoms with E-state index in [2.05, 4.69) is 10.3 Å². The molecule has 0 aliphatic rings. The number of nitrogens with one attached hydrogen (secondary N) is 1. The molecule has 1 amide bonds. The van der Waals surface area contributed by atoms with Crippen molar-refractivity contribution in [3.05, 3.63) is 52.4 Å². The van der Waals surface area contributed by atoms with Crippen molar-refractivity contribution in [1.29, 1.82) is 0 Å². The van der Waals surface area contributed by atoms with Gasteiger partial charge in [-0.15, -0.1) is 0 Å². The normalized spacial score (nSPS) is 13.9. The summed E-state index contributed by atoms with van der Waals surface area (Å²) in [5.74, 6) is -1.68. The number of amides is 1. The van der Waals surface area contributed by atoms with Gasteiger partial charge < -0.3 is 24.5 Å². The van der Waals surface area contributed by atoms with E-state index in [9.17, 15) is 14.7 Å². The summed E-state index contributed by atoms with van der Waals surface area (Å²) in [6, 6.07) is 5.46. The zero-order valence-electron chi connectivity index (χ0n) is 17.9. The molecule has 32 heavy (non-hydrogen) atoms. The summed E-state index contributed by atoms with van der Waals surface area (Å²) in [5, 5.41) is 14.5. The number of benzene rings is 1. The van der Waals surface area contributed by atoms with Crippen LogP contribution in [0.25, 0.3) is 10.9 Å². The van der Waals surface area contributed by atoms with Crippen molar-refractivity contribution in [2.75, 3.05) is 7.11 Å². The molecule has 0 fully saturated rings. The number of aromatic nitrogens is 2. The van der Waals surface area contributed by atoms with Crippen molar-refractivity contribution in [2.45, 2.75) is 39.0 Å². The average Bonchev–Trinajstić information content (AvgIpc) is 3.22. The molecule has 170 valence electrons. The first-order chi connectivity index (χ1) is 15.1. The molecule has 0 saturated heterocycles. The number of methoxy groups -OCH3 is 1. The monoisotopic (exact) mass is 479 g/mol. The van der Waals surface area contributed by atoms with Gasteiger partial charge in [-0.05, 0) is 39.0 Å². The molecule has 2 aromatic heterocycles. The maximum Gasteiger partial charge on any atom is 0.328 e. The van der Waals surface area contributed by atoms with E-state index in [1.807, 2.05) is 23.8 Å². The maximum atomic E-state index is 12.6. The molecule has 2 heterocycles. The number of carbonyl (C=O) groups excluding carboxylic acids is 2. The molecule has 3 atom stereocenters. The Bertz CT molecular complexity index is 1160. The summed E-state index contributed by atoms with van der Waals surface area (Å²) >= 11 is 12.6. The second-order valence-corrected chi connectivity index (χ2v) is 8.12. The zero-order valence-corrected chi connectivity index (χ0v) is 19.4. The van der Waals surface area contributed by atoms with Crippen molar-refractivity contribution in [3.63, 3.8) is 0 Å². The van der Waals surface area contributed by atoms with Crippen LogP contribution in [-0.4, -0.2) is 45.8 Å². The van der Waals surface area contributed by atoms with Crippen LogP contribution in [-0.2, 0) is 9.53 Å². The molecule has 0 saturated carbocycles. The van der Waals surface area contributed by atoms with E-state index >= 15 is 0 Å². The Morgan fingerprint density at radius 3 is 2.50 bits per heavy atom. The van der Waals surface area contributed by atoms with Gasteiger partial charge in [-0.2, -0.15) is 0 Å². The molecule has 2 N–H and O–H groups in total. The Balaban J connectivity index is 1.69. The lowest BCUT2D eigenvalue weighted by molar-refractivity contribution is -0.151. The second-order valence-electron chi connectivity index (χ2n) is 7.30. The first-order valence-electron chi connectivity index (χ1n) is 9.83. The number of rotatable bonds is 7. The van der Waals surface area contributed by atoms with Crippen LogP contribution in [0.5, 0.6) is 11.5 Å².